The number of piperidine rings is 1. The summed E-state index contributed by atoms with van der Waals surface area (Å²) in [6.45, 7) is 0. The molecule has 3 aliphatic rings. The summed E-state index contributed by atoms with van der Waals surface area (Å²) in [5.41, 5.74) is 4.10. The summed E-state index contributed by atoms with van der Waals surface area (Å²) < 4.78 is 0. The summed E-state index contributed by atoms with van der Waals surface area (Å²) >= 11 is 1.69. The van der Waals surface area contributed by atoms with Gasteiger partial charge in [0.05, 0.1) is 4.88 Å². The van der Waals surface area contributed by atoms with Crippen LogP contribution in [0.25, 0.3) is 10.4 Å². The first-order chi connectivity index (χ1) is 12.2. The molecule has 1 amide bonds. The van der Waals surface area contributed by atoms with Gasteiger partial charge in [-0.2, -0.15) is 0 Å². The van der Waals surface area contributed by atoms with Crippen molar-refractivity contribution in [3.05, 3.63) is 46.3 Å². The SMILES string of the molecule is CN(C(=O)c1cc2c(s1)-c1ccccc1CC2)C1CC2CCC(C1)N2. The Bertz CT molecular complexity index is 815. The van der Waals surface area contributed by atoms with E-state index in [1.165, 1.54) is 34.4 Å². The third-order valence-corrected chi connectivity index (χ3v) is 7.46. The smallest absolute Gasteiger partial charge is 0.263 e. The van der Waals surface area contributed by atoms with Gasteiger partial charge in [0.25, 0.3) is 5.91 Å². The fourth-order valence-electron chi connectivity index (χ4n) is 4.86. The number of carbonyl (C=O) groups is 1. The minimum absolute atomic E-state index is 0.211. The number of aryl methyl sites for hydroxylation is 2. The number of fused-ring (bicyclic) bond motifs is 5. The quantitative estimate of drug-likeness (QED) is 0.890. The largest absolute Gasteiger partial charge is 0.338 e. The summed E-state index contributed by atoms with van der Waals surface area (Å²) in [7, 11) is 2.00. The first kappa shape index (κ1) is 15.6. The Morgan fingerprint density at radius 3 is 2.64 bits per heavy atom. The van der Waals surface area contributed by atoms with Crippen LogP contribution in [-0.4, -0.2) is 36.0 Å². The van der Waals surface area contributed by atoms with E-state index in [0.717, 1.165) is 30.6 Å². The molecule has 2 unspecified atom stereocenters. The van der Waals surface area contributed by atoms with Gasteiger partial charge in [0, 0.05) is 30.1 Å². The maximum absolute atomic E-state index is 13.1. The highest BCUT2D eigenvalue weighted by molar-refractivity contribution is 7.17. The number of hydrogen-bond donors (Lipinski definition) is 1. The highest BCUT2D eigenvalue weighted by atomic mass is 32.1. The van der Waals surface area contributed by atoms with Gasteiger partial charge < -0.3 is 10.2 Å². The Hall–Kier alpha value is -1.65. The molecule has 2 fully saturated rings. The second-order valence-corrected chi connectivity index (χ2v) is 8.85. The highest BCUT2D eigenvalue weighted by Crippen LogP contribution is 2.40. The van der Waals surface area contributed by atoms with Crippen molar-refractivity contribution in [2.75, 3.05) is 7.05 Å². The van der Waals surface area contributed by atoms with E-state index in [4.69, 9.17) is 0 Å². The molecule has 0 saturated carbocycles. The lowest BCUT2D eigenvalue weighted by atomic mass is 9.91. The predicted molar refractivity (Wildman–Crippen MR) is 102 cm³/mol. The van der Waals surface area contributed by atoms with E-state index in [-0.39, 0.29) is 5.91 Å². The number of nitrogens with zero attached hydrogens (tertiary/aromatic N) is 1. The van der Waals surface area contributed by atoms with E-state index in [2.05, 4.69) is 35.6 Å². The van der Waals surface area contributed by atoms with Crippen LogP contribution < -0.4 is 5.32 Å². The molecule has 3 nitrogen and oxygen atoms in total. The molecular formula is C21H24N2OS. The van der Waals surface area contributed by atoms with Gasteiger partial charge in [0.15, 0.2) is 0 Å². The third kappa shape index (κ3) is 2.63. The number of carbonyl (C=O) groups excluding carboxylic acids is 1. The molecule has 4 heteroatoms. The Balaban J connectivity index is 1.41. The van der Waals surface area contributed by atoms with Crippen molar-refractivity contribution in [1.29, 1.82) is 0 Å². The molecule has 1 aliphatic carbocycles. The summed E-state index contributed by atoms with van der Waals surface area (Å²) in [5.74, 6) is 0.211. The van der Waals surface area contributed by atoms with Crippen LogP contribution in [0.3, 0.4) is 0 Å². The van der Waals surface area contributed by atoms with Crippen LogP contribution in [0.2, 0.25) is 0 Å². The monoisotopic (exact) mass is 352 g/mol. The van der Waals surface area contributed by atoms with Crippen LogP contribution in [0, 0.1) is 0 Å². The van der Waals surface area contributed by atoms with Gasteiger partial charge in [-0.05, 0) is 61.3 Å². The molecule has 1 aromatic carbocycles. The first-order valence-electron chi connectivity index (χ1n) is 9.43. The van der Waals surface area contributed by atoms with E-state index in [1.807, 2.05) is 11.9 Å². The lowest BCUT2D eigenvalue weighted by Crippen LogP contribution is -2.48. The van der Waals surface area contributed by atoms with E-state index >= 15 is 0 Å². The average Bonchev–Trinajstić information content (AvgIpc) is 3.23. The lowest BCUT2D eigenvalue weighted by molar-refractivity contribution is 0.0686. The number of amides is 1. The molecule has 2 atom stereocenters. The van der Waals surface area contributed by atoms with Crippen molar-refractivity contribution in [3.8, 4) is 10.4 Å². The molecule has 2 saturated heterocycles. The van der Waals surface area contributed by atoms with Crippen LogP contribution in [0.5, 0.6) is 0 Å². The van der Waals surface area contributed by atoms with Crippen molar-refractivity contribution >= 4 is 17.2 Å². The molecule has 130 valence electrons. The van der Waals surface area contributed by atoms with Crippen molar-refractivity contribution in [3.63, 3.8) is 0 Å². The minimum atomic E-state index is 0.211. The Morgan fingerprint density at radius 2 is 1.84 bits per heavy atom. The second-order valence-electron chi connectivity index (χ2n) is 7.80. The van der Waals surface area contributed by atoms with Gasteiger partial charge >= 0.3 is 0 Å². The molecule has 2 aromatic rings. The number of hydrogen-bond acceptors (Lipinski definition) is 3. The lowest BCUT2D eigenvalue weighted by Gasteiger charge is -2.35. The molecule has 0 radical (unpaired) electrons. The number of nitrogens with one attached hydrogen (secondary N) is 1. The highest BCUT2D eigenvalue weighted by Gasteiger charge is 2.37. The standard InChI is InChI=1S/C21H24N2OS/c1-23(17-11-15-8-9-16(12-17)22-15)21(24)19-10-14-7-6-13-4-2-3-5-18(13)20(14)25-19/h2-5,10,15-17,22H,6-9,11-12H2,1H3. The van der Waals surface area contributed by atoms with Gasteiger partial charge in [0.2, 0.25) is 0 Å². The van der Waals surface area contributed by atoms with Crippen LogP contribution in [0.15, 0.2) is 30.3 Å². The maximum Gasteiger partial charge on any atom is 0.263 e. The zero-order chi connectivity index (χ0) is 17.0. The van der Waals surface area contributed by atoms with Gasteiger partial charge in [0.1, 0.15) is 0 Å². The Morgan fingerprint density at radius 1 is 1.12 bits per heavy atom. The fourth-order valence-corrected chi connectivity index (χ4v) is 6.11. The Kier molecular flexibility index (Phi) is 3.72. The topological polar surface area (TPSA) is 32.3 Å². The predicted octanol–water partition coefficient (Wildman–Crippen LogP) is 3.87. The first-order valence-corrected chi connectivity index (χ1v) is 10.2. The summed E-state index contributed by atoms with van der Waals surface area (Å²) in [6, 6.07) is 12.4. The van der Waals surface area contributed by atoms with E-state index in [0.29, 0.717) is 18.1 Å². The van der Waals surface area contributed by atoms with Gasteiger partial charge in [-0.25, -0.2) is 0 Å². The normalized spacial score (nSPS) is 26.8. The molecule has 1 aromatic heterocycles. The molecule has 5 rings (SSSR count). The van der Waals surface area contributed by atoms with Crippen LogP contribution >= 0.6 is 11.3 Å². The number of thiophene rings is 1. The second kappa shape index (κ2) is 5.96. The molecule has 0 spiro atoms. The van der Waals surface area contributed by atoms with Crippen molar-refractivity contribution in [2.45, 2.75) is 56.7 Å². The molecule has 2 bridgehead atoms. The average molecular weight is 353 g/mol. The van der Waals surface area contributed by atoms with Gasteiger partial charge in [-0.1, -0.05) is 24.3 Å². The van der Waals surface area contributed by atoms with Crippen LogP contribution in [0.4, 0.5) is 0 Å². The Labute approximate surface area is 153 Å². The van der Waals surface area contributed by atoms with Crippen molar-refractivity contribution in [1.82, 2.24) is 10.2 Å². The van der Waals surface area contributed by atoms with Crippen LogP contribution in [0.1, 0.15) is 46.5 Å². The fraction of sp³-hybridized carbons (Fsp3) is 0.476. The maximum atomic E-state index is 13.1. The van der Waals surface area contributed by atoms with Crippen molar-refractivity contribution < 1.29 is 4.79 Å². The van der Waals surface area contributed by atoms with E-state index in [9.17, 15) is 4.79 Å². The number of rotatable bonds is 2. The molecule has 25 heavy (non-hydrogen) atoms. The van der Waals surface area contributed by atoms with Crippen LogP contribution in [-0.2, 0) is 12.8 Å². The molecule has 3 heterocycles. The van der Waals surface area contributed by atoms with Gasteiger partial charge in [-0.15, -0.1) is 11.3 Å². The molecule has 1 N–H and O–H groups in total. The zero-order valence-electron chi connectivity index (χ0n) is 14.6. The molecule has 2 aliphatic heterocycles. The number of benzene rings is 1. The van der Waals surface area contributed by atoms with Gasteiger partial charge in [-0.3, -0.25) is 4.79 Å². The zero-order valence-corrected chi connectivity index (χ0v) is 15.4. The summed E-state index contributed by atoms with van der Waals surface area (Å²) in [6.07, 6.45) is 6.89. The third-order valence-electron chi connectivity index (χ3n) is 6.26. The molecular weight excluding hydrogens is 328 g/mol. The van der Waals surface area contributed by atoms with E-state index < -0.39 is 0 Å². The van der Waals surface area contributed by atoms with Crippen molar-refractivity contribution in [2.24, 2.45) is 0 Å². The summed E-state index contributed by atoms with van der Waals surface area (Å²) in [5, 5.41) is 3.67. The minimum Gasteiger partial charge on any atom is -0.338 e. The summed E-state index contributed by atoms with van der Waals surface area (Å²) in [4.78, 5) is 17.4. The van der Waals surface area contributed by atoms with E-state index in [1.54, 1.807) is 11.3 Å².